The monoisotopic (exact) mass is 253 g/mol. The zero-order valence-corrected chi connectivity index (χ0v) is 10.1. The van der Waals surface area contributed by atoms with Crippen LogP contribution in [0.4, 0.5) is 5.69 Å². The van der Waals surface area contributed by atoms with Crippen LogP contribution in [0.15, 0.2) is 18.2 Å². The highest BCUT2D eigenvalue weighted by Gasteiger charge is 2.12. The van der Waals surface area contributed by atoms with E-state index in [0.29, 0.717) is 17.2 Å². The van der Waals surface area contributed by atoms with Gasteiger partial charge >= 0.3 is 0 Å². The average molecular weight is 253 g/mol. The molecule has 98 valence electrons. The lowest BCUT2D eigenvalue weighted by Crippen LogP contribution is -2.33. The Morgan fingerprint density at radius 1 is 1.22 bits per heavy atom. The summed E-state index contributed by atoms with van der Waals surface area (Å²) in [7, 11) is 2.99. The second-order valence-electron chi connectivity index (χ2n) is 3.36. The van der Waals surface area contributed by atoms with Crippen LogP contribution < -0.4 is 26.1 Å². The largest absolute Gasteiger partial charge is 0.497 e. The van der Waals surface area contributed by atoms with Crippen molar-refractivity contribution in [1.29, 1.82) is 0 Å². The van der Waals surface area contributed by atoms with Gasteiger partial charge in [-0.25, -0.2) is 5.84 Å². The van der Waals surface area contributed by atoms with Crippen molar-refractivity contribution in [2.24, 2.45) is 5.84 Å². The van der Waals surface area contributed by atoms with Gasteiger partial charge in [-0.15, -0.1) is 0 Å². The molecule has 1 rings (SSSR count). The number of amides is 2. The highest BCUT2D eigenvalue weighted by Crippen LogP contribution is 2.28. The molecule has 0 radical (unpaired) electrons. The van der Waals surface area contributed by atoms with Crippen LogP contribution in [0.3, 0.4) is 0 Å². The Morgan fingerprint density at radius 3 is 2.50 bits per heavy atom. The van der Waals surface area contributed by atoms with Crippen LogP contribution >= 0.6 is 0 Å². The normalized spacial score (nSPS) is 9.50. The number of anilines is 1. The number of nitrogens with one attached hydrogen (secondary N) is 2. The fraction of sp³-hybridized carbons (Fsp3) is 0.273. The van der Waals surface area contributed by atoms with Crippen LogP contribution in [-0.4, -0.2) is 26.0 Å². The maximum atomic E-state index is 11.5. The molecule has 1 aromatic carbocycles. The summed E-state index contributed by atoms with van der Waals surface area (Å²) in [6, 6.07) is 4.94. The summed E-state index contributed by atoms with van der Waals surface area (Å²) in [5, 5.41) is 2.54. The second kappa shape index (κ2) is 6.45. The van der Waals surface area contributed by atoms with Gasteiger partial charge in [0.15, 0.2) is 0 Å². The zero-order chi connectivity index (χ0) is 13.5. The number of benzene rings is 1. The molecular weight excluding hydrogens is 238 g/mol. The van der Waals surface area contributed by atoms with E-state index in [2.05, 4.69) is 5.32 Å². The van der Waals surface area contributed by atoms with E-state index in [-0.39, 0.29) is 6.42 Å². The molecule has 0 heterocycles. The number of methoxy groups -OCH3 is 2. The maximum absolute atomic E-state index is 11.5. The van der Waals surface area contributed by atoms with Gasteiger partial charge in [-0.1, -0.05) is 0 Å². The lowest BCUT2D eigenvalue weighted by atomic mass is 10.2. The Kier molecular flexibility index (Phi) is 4.94. The summed E-state index contributed by atoms with van der Waals surface area (Å²) in [5.41, 5.74) is 2.30. The van der Waals surface area contributed by atoms with Gasteiger partial charge in [0.1, 0.15) is 17.9 Å². The first-order chi connectivity index (χ1) is 8.60. The molecule has 0 fully saturated rings. The van der Waals surface area contributed by atoms with E-state index in [1.54, 1.807) is 18.2 Å². The minimum Gasteiger partial charge on any atom is -0.497 e. The number of hydrogen-bond acceptors (Lipinski definition) is 5. The van der Waals surface area contributed by atoms with Crippen LogP contribution in [0, 0.1) is 0 Å². The highest BCUT2D eigenvalue weighted by molar-refractivity contribution is 6.04. The Morgan fingerprint density at radius 2 is 1.94 bits per heavy atom. The Labute approximate surface area is 104 Å². The third-order valence-electron chi connectivity index (χ3n) is 2.16. The molecule has 18 heavy (non-hydrogen) atoms. The second-order valence-corrected chi connectivity index (χ2v) is 3.36. The molecular formula is C11H15N3O4. The summed E-state index contributed by atoms with van der Waals surface area (Å²) >= 11 is 0. The van der Waals surface area contributed by atoms with E-state index in [0.717, 1.165) is 0 Å². The standard InChI is InChI=1S/C11H15N3O4/c1-17-7-3-4-9(18-2)8(5-7)13-10(15)6-11(16)14-12/h3-5H,6,12H2,1-2H3,(H,13,15)(H,14,16). The zero-order valence-electron chi connectivity index (χ0n) is 10.1. The van der Waals surface area contributed by atoms with Crippen LogP contribution in [0.5, 0.6) is 11.5 Å². The third-order valence-corrected chi connectivity index (χ3v) is 2.16. The number of hydrazine groups is 1. The SMILES string of the molecule is COc1ccc(OC)c(NC(=O)CC(=O)NN)c1. The van der Waals surface area contributed by atoms with Crippen molar-refractivity contribution in [1.82, 2.24) is 5.43 Å². The third kappa shape index (κ3) is 3.63. The van der Waals surface area contributed by atoms with Gasteiger partial charge in [-0.3, -0.25) is 15.0 Å². The minimum absolute atomic E-state index is 0.364. The van der Waals surface area contributed by atoms with Crippen molar-refractivity contribution in [3.63, 3.8) is 0 Å². The van der Waals surface area contributed by atoms with Crippen molar-refractivity contribution >= 4 is 17.5 Å². The minimum atomic E-state index is -0.575. The lowest BCUT2D eigenvalue weighted by molar-refractivity contribution is -0.126. The highest BCUT2D eigenvalue weighted by atomic mass is 16.5. The number of hydrogen-bond donors (Lipinski definition) is 3. The van der Waals surface area contributed by atoms with Crippen LogP contribution in [-0.2, 0) is 9.59 Å². The molecule has 0 atom stereocenters. The van der Waals surface area contributed by atoms with Crippen molar-refractivity contribution < 1.29 is 19.1 Å². The molecule has 2 amide bonds. The van der Waals surface area contributed by atoms with Gasteiger partial charge in [0, 0.05) is 6.07 Å². The molecule has 0 spiro atoms. The molecule has 0 bridgehead atoms. The van der Waals surface area contributed by atoms with E-state index < -0.39 is 11.8 Å². The number of rotatable bonds is 5. The van der Waals surface area contributed by atoms with Crippen LogP contribution in [0.1, 0.15) is 6.42 Å². The topological polar surface area (TPSA) is 103 Å². The molecule has 0 saturated carbocycles. The molecule has 0 saturated heterocycles. The molecule has 1 aromatic rings. The fourth-order valence-electron chi connectivity index (χ4n) is 1.30. The quantitative estimate of drug-likeness (QED) is 0.297. The van der Waals surface area contributed by atoms with Gasteiger partial charge in [-0.2, -0.15) is 0 Å². The Bertz CT molecular complexity index is 448. The summed E-state index contributed by atoms with van der Waals surface area (Å²) in [6.45, 7) is 0. The summed E-state index contributed by atoms with van der Waals surface area (Å²) in [5.74, 6) is 4.85. The summed E-state index contributed by atoms with van der Waals surface area (Å²) in [6.07, 6.45) is -0.364. The van der Waals surface area contributed by atoms with Gasteiger partial charge in [0.2, 0.25) is 11.8 Å². The number of carbonyl (C=O) groups excluding carboxylic acids is 2. The summed E-state index contributed by atoms with van der Waals surface area (Å²) < 4.78 is 10.1. The van der Waals surface area contributed by atoms with Gasteiger partial charge in [-0.05, 0) is 12.1 Å². The Hall–Kier alpha value is -2.28. The van der Waals surface area contributed by atoms with E-state index >= 15 is 0 Å². The fourth-order valence-corrected chi connectivity index (χ4v) is 1.30. The average Bonchev–Trinajstić information content (AvgIpc) is 2.38. The number of ether oxygens (including phenoxy) is 2. The maximum Gasteiger partial charge on any atom is 0.243 e. The summed E-state index contributed by atoms with van der Waals surface area (Å²) in [4.78, 5) is 22.5. The molecule has 7 nitrogen and oxygen atoms in total. The first kappa shape index (κ1) is 13.8. The van der Waals surface area contributed by atoms with Crippen molar-refractivity contribution in [2.45, 2.75) is 6.42 Å². The van der Waals surface area contributed by atoms with Crippen molar-refractivity contribution in [3.8, 4) is 11.5 Å². The van der Waals surface area contributed by atoms with E-state index in [1.165, 1.54) is 14.2 Å². The molecule has 7 heteroatoms. The molecule has 0 aliphatic carbocycles. The predicted molar refractivity (Wildman–Crippen MR) is 65.1 cm³/mol. The van der Waals surface area contributed by atoms with Gasteiger partial charge < -0.3 is 14.8 Å². The van der Waals surface area contributed by atoms with Gasteiger partial charge in [0.25, 0.3) is 0 Å². The van der Waals surface area contributed by atoms with Gasteiger partial charge in [0.05, 0.1) is 19.9 Å². The van der Waals surface area contributed by atoms with E-state index in [1.807, 2.05) is 5.43 Å². The number of carbonyl (C=O) groups is 2. The van der Waals surface area contributed by atoms with E-state index in [9.17, 15) is 9.59 Å². The molecule has 0 aliphatic heterocycles. The number of nitrogens with two attached hydrogens (primary N) is 1. The van der Waals surface area contributed by atoms with Crippen LogP contribution in [0.2, 0.25) is 0 Å². The Balaban J connectivity index is 2.81. The molecule has 0 aliphatic rings. The molecule has 4 N–H and O–H groups in total. The first-order valence-corrected chi connectivity index (χ1v) is 5.12. The van der Waals surface area contributed by atoms with Crippen LogP contribution in [0.25, 0.3) is 0 Å². The lowest BCUT2D eigenvalue weighted by Gasteiger charge is -2.11. The van der Waals surface area contributed by atoms with Crippen molar-refractivity contribution in [2.75, 3.05) is 19.5 Å². The molecule has 0 unspecified atom stereocenters. The molecule has 0 aromatic heterocycles. The smallest absolute Gasteiger partial charge is 0.243 e. The van der Waals surface area contributed by atoms with Crippen molar-refractivity contribution in [3.05, 3.63) is 18.2 Å². The predicted octanol–water partition coefficient (Wildman–Crippen LogP) is 0.0223. The van der Waals surface area contributed by atoms with E-state index in [4.69, 9.17) is 15.3 Å². The first-order valence-electron chi connectivity index (χ1n) is 5.12.